The van der Waals surface area contributed by atoms with E-state index in [1.807, 2.05) is 44.2 Å². The van der Waals surface area contributed by atoms with Gasteiger partial charge in [0.15, 0.2) is 5.78 Å². The van der Waals surface area contributed by atoms with Crippen LogP contribution in [-0.2, 0) is 24.8 Å². The van der Waals surface area contributed by atoms with E-state index in [2.05, 4.69) is 0 Å². The van der Waals surface area contributed by atoms with Gasteiger partial charge in [0.2, 0.25) is 0 Å². The van der Waals surface area contributed by atoms with E-state index < -0.39 is 24.3 Å². The molecule has 5 nitrogen and oxygen atoms in total. The molecule has 1 aromatic rings. The Labute approximate surface area is 169 Å². The largest absolute Gasteiger partial charge is 0.392 e. The van der Waals surface area contributed by atoms with Crippen molar-refractivity contribution in [2.24, 2.45) is 17.3 Å². The second-order valence-electron chi connectivity index (χ2n) is 8.21. The topological polar surface area (TPSA) is 72.8 Å². The minimum absolute atomic E-state index is 0.162. The van der Waals surface area contributed by atoms with Gasteiger partial charge in [-0.3, -0.25) is 9.36 Å². The molecule has 6 heteroatoms. The predicted molar refractivity (Wildman–Crippen MR) is 111 cm³/mol. The van der Waals surface area contributed by atoms with Gasteiger partial charge in [0, 0.05) is 0 Å². The Bertz CT molecular complexity index is 711. The maximum absolute atomic E-state index is 13.7. The summed E-state index contributed by atoms with van der Waals surface area (Å²) in [5.74, 6) is -0.629. The summed E-state index contributed by atoms with van der Waals surface area (Å²) in [4.78, 5) is 13.7. The maximum atomic E-state index is 13.7. The van der Waals surface area contributed by atoms with Crippen LogP contribution in [0.2, 0.25) is 0 Å². The van der Waals surface area contributed by atoms with Crippen molar-refractivity contribution in [3.8, 4) is 0 Å². The normalized spacial score (nSPS) is 31.9. The standard InChI is InChI=1S/C22H35O5P/c1-7-26-28(25,27-8-2)22(6)17(4)16(3)21(5,20(22)24)19(23)15-14-18-12-10-9-11-13-18/h9-13,16-17,19,23H,7-8,14-15H2,1-6H3. The van der Waals surface area contributed by atoms with Gasteiger partial charge < -0.3 is 14.2 Å². The zero-order valence-corrected chi connectivity index (χ0v) is 18.9. The number of hydrogen-bond donors (Lipinski definition) is 1. The first kappa shape index (κ1) is 23.3. The van der Waals surface area contributed by atoms with E-state index in [9.17, 15) is 14.5 Å². The number of rotatable bonds is 9. The second-order valence-corrected chi connectivity index (χ2v) is 10.7. The summed E-state index contributed by atoms with van der Waals surface area (Å²) in [6.07, 6.45) is 0.306. The van der Waals surface area contributed by atoms with Crippen molar-refractivity contribution in [3.63, 3.8) is 0 Å². The Morgan fingerprint density at radius 2 is 1.61 bits per heavy atom. The predicted octanol–water partition coefficient (Wildman–Crippen LogP) is 4.87. The van der Waals surface area contributed by atoms with Crippen LogP contribution in [0.25, 0.3) is 0 Å². The van der Waals surface area contributed by atoms with E-state index in [4.69, 9.17) is 9.05 Å². The van der Waals surface area contributed by atoms with Crippen molar-refractivity contribution < 1.29 is 23.5 Å². The van der Waals surface area contributed by atoms with Crippen molar-refractivity contribution in [2.75, 3.05) is 13.2 Å². The molecule has 0 heterocycles. The molecule has 1 aliphatic rings. The molecule has 28 heavy (non-hydrogen) atoms. The zero-order chi connectivity index (χ0) is 21.2. The first-order valence-electron chi connectivity index (χ1n) is 10.3. The molecule has 2 rings (SSSR count). The van der Waals surface area contributed by atoms with Gasteiger partial charge in [-0.25, -0.2) is 0 Å². The molecule has 0 amide bonds. The Hall–Kier alpha value is -1.00. The van der Waals surface area contributed by atoms with E-state index >= 15 is 0 Å². The minimum Gasteiger partial charge on any atom is -0.392 e. The van der Waals surface area contributed by atoms with Crippen LogP contribution in [0, 0.1) is 17.3 Å². The lowest BCUT2D eigenvalue weighted by Crippen LogP contribution is -2.46. The highest BCUT2D eigenvalue weighted by Gasteiger charge is 2.70. The Balaban J connectivity index is 2.35. The van der Waals surface area contributed by atoms with Crippen LogP contribution in [0.3, 0.4) is 0 Å². The molecule has 0 saturated heterocycles. The molecule has 1 N–H and O–H groups in total. The van der Waals surface area contributed by atoms with Crippen LogP contribution >= 0.6 is 7.60 Å². The number of carbonyl (C=O) groups excluding carboxylic acids is 1. The summed E-state index contributed by atoms with van der Waals surface area (Å²) in [7, 11) is -3.69. The van der Waals surface area contributed by atoms with Gasteiger partial charge >= 0.3 is 7.60 Å². The molecule has 5 unspecified atom stereocenters. The highest BCUT2D eigenvalue weighted by atomic mass is 31.2. The fraction of sp³-hybridized carbons (Fsp3) is 0.682. The van der Waals surface area contributed by atoms with Gasteiger partial charge in [-0.2, -0.15) is 0 Å². The van der Waals surface area contributed by atoms with Crippen LogP contribution in [0.1, 0.15) is 53.5 Å². The molecule has 0 spiro atoms. The van der Waals surface area contributed by atoms with Crippen LogP contribution < -0.4 is 0 Å². The summed E-state index contributed by atoms with van der Waals surface area (Å²) in [6, 6.07) is 9.91. The molecular weight excluding hydrogens is 375 g/mol. The third-order valence-corrected chi connectivity index (χ3v) is 9.88. The lowest BCUT2D eigenvalue weighted by atomic mass is 9.72. The minimum atomic E-state index is -3.69. The van der Waals surface area contributed by atoms with E-state index in [-0.39, 0.29) is 30.8 Å². The fourth-order valence-corrected chi connectivity index (χ4v) is 7.19. The van der Waals surface area contributed by atoms with Gasteiger partial charge in [0.25, 0.3) is 0 Å². The van der Waals surface area contributed by atoms with Crippen LogP contribution in [-0.4, -0.2) is 35.4 Å². The van der Waals surface area contributed by atoms with Gasteiger partial charge in [0.05, 0.1) is 24.7 Å². The molecule has 1 aromatic carbocycles. The fourth-order valence-electron chi connectivity index (χ4n) is 4.69. The number of carbonyl (C=O) groups is 1. The average molecular weight is 410 g/mol. The second kappa shape index (κ2) is 8.79. The summed E-state index contributed by atoms with van der Waals surface area (Å²) in [6.45, 7) is 11.3. The first-order chi connectivity index (χ1) is 13.1. The molecule has 0 aliphatic heterocycles. The lowest BCUT2D eigenvalue weighted by molar-refractivity contribution is -0.135. The van der Waals surface area contributed by atoms with Crippen LogP contribution in [0.15, 0.2) is 30.3 Å². The van der Waals surface area contributed by atoms with Crippen LogP contribution in [0.5, 0.6) is 0 Å². The molecule has 158 valence electrons. The Kier molecular flexibility index (Phi) is 7.31. The summed E-state index contributed by atoms with van der Waals surface area (Å²) in [5, 5.41) is 9.82. The van der Waals surface area contributed by atoms with Crippen molar-refractivity contribution in [1.82, 2.24) is 0 Å². The first-order valence-corrected chi connectivity index (χ1v) is 11.8. The molecule has 0 radical (unpaired) electrons. The van der Waals surface area contributed by atoms with Crippen molar-refractivity contribution in [1.29, 1.82) is 0 Å². The molecule has 1 aliphatic carbocycles. The molecule has 1 saturated carbocycles. The van der Waals surface area contributed by atoms with Gasteiger partial charge in [-0.15, -0.1) is 0 Å². The zero-order valence-electron chi connectivity index (χ0n) is 18.0. The number of ketones is 1. The summed E-state index contributed by atoms with van der Waals surface area (Å²) < 4.78 is 24.8. The van der Waals surface area contributed by atoms with Gasteiger partial charge in [-0.05, 0) is 57.9 Å². The average Bonchev–Trinajstić information content (AvgIpc) is 2.82. The lowest BCUT2D eigenvalue weighted by Gasteiger charge is -2.36. The molecular formula is C22H35O5P. The summed E-state index contributed by atoms with van der Waals surface area (Å²) in [5.41, 5.74) is 0.112. The van der Waals surface area contributed by atoms with Crippen molar-refractivity contribution in [2.45, 2.75) is 65.6 Å². The van der Waals surface area contributed by atoms with E-state index in [1.54, 1.807) is 27.7 Å². The highest BCUT2D eigenvalue weighted by Crippen LogP contribution is 2.70. The van der Waals surface area contributed by atoms with Gasteiger partial charge in [0.1, 0.15) is 5.16 Å². The number of aliphatic hydroxyl groups is 1. The number of hydrogen-bond acceptors (Lipinski definition) is 5. The Morgan fingerprint density at radius 1 is 1.07 bits per heavy atom. The SMILES string of the molecule is CCOP(=O)(OCC)C1(C)C(=O)C(C)(C(O)CCc2ccccc2)C(C)C1C. The third-order valence-electron chi connectivity index (χ3n) is 6.94. The maximum Gasteiger partial charge on any atom is 0.344 e. The molecule has 0 bridgehead atoms. The van der Waals surface area contributed by atoms with E-state index in [1.165, 1.54) is 0 Å². The number of benzene rings is 1. The van der Waals surface area contributed by atoms with Crippen molar-refractivity contribution in [3.05, 3.63) is 35.9 Å². The number of aryl methyl sites for hydroxylation is 1. The molecule has 1 fully saturated rings. The quantitative estimate of drug-likeness (QED) is 0.588. The Morgan fingerprint density at radius 3 is 2.11 bits per heavy atom. The third kappa shape index (κ3) is 3.63. The molecule has 0 aromatic heterocycles. The van der Waals surface area contributed by atoms with Gasteiger partial charge in [-0.1, -0.05) is 44.2 Å². The van der Waals surface area contributed by atoms with Crippen molar-refractivity contribution >= 4 is 13.4 Å². The number of Topliss-reactive ketones (excluding diaryl/α,β-unsaturated/α-hetero) is 1. The summed E-state index contributed by atoms with van der Waals surface area (Å²) >= 11 is 0. The van der Waals surface area contributed by atoms with E-state index in [0.29, 0.717) is 12.8 Å². The van der Waals surface area contributed by atoms with E-state index in [0.717, 1.165) is 5.56 Å². The monoisotopic (exact) mass is 410 g/mol. The smallest absolute Gasteiger partial charge is 0.344 e. The van der Waals surface area contributed by atoms with Crippen LogP contribution in [0.4, 0.5) is 0 Å². The highest BCUT2D eigenvalue weighted by molar-refractivity contribution is 7.57. The molecule has 5 atom stereocenters. The number of aliphatic hydroxyl groups excluding tert-OH is 1.